The Balaban J connectivity index is 1.74. The van der Waals surface area contributed by atoms with Crippen molar-refractivity contribution >= 4 is 0 Å². The lowest BCUT2D eigenvalue weighted by Gasteiger charge is -2.34. The van der Waals surface area contributed by atoms with Crippen molar-refractivity contribution in [1.29, 1.82) is 0 Å². The third-order valence-electron chi connectivity index (χ3n) is 6.96. The van der Waals surface area contributed by atoms with Gasteiger partial charge in [0, 0.05) is 0 Å². The fourth-order valence-electron chi connectivity index (χ4n) is 4.75. The molecule has 3 rings (SSSR count). The van der Waals surface area contributed by atoms with Crippen LogP contribution in [0.25, 0.3) is 0 Å². The summed E-state index contributed by atoms with van der Waals surface area (Å²) in [5.41, 5.74) is -1.06. The Morgan fingerprint density at radius 1 is 1.17 bits per heavy atom. The number of rotatable bonds is 4. The van der Waals surface area contributed by atoms with Gasteiger partial charge < -0.3 is 9.84 Å². The highest BCUT2D eigenvalue weighted by molar-refractivity contribution is 5.12. The van der Waals surface area contributed by atoms with Crippen molar-refractivity contribution in [2.45, 2.75) is 96.1 Å². The molecule has 4 heteroatoms. The number of aliphatic hydroxyl groups is 1. The van der Waals surface area contributed by atoms with Crippen LogP contribution >= 0.6 is 0 Å². The minimum Gasteiger partial charge on any atom is -0.390 e. The Kier molecular flexibility index (Phi) is 4.44. The molecule has 2 saturated carbocycles. The Labute approximate surface area is 146 Å². The highest BCUT2D eigenvalue weighted by Crippen LogP contribution is 2.62. The Morgan fingerprint density at radius 3 is 2.54 bits per heavy atom. The fraction of sp³-hybridized carbons (Fsp3) is 0.900. The topological polar surface area (TPSA) is 62.2 Å². The number of fused-ring (bicyclic) bond motifs is 2. The first-order chi connectivity index (χ1) is 11.0. The predicted molar refractivity (Wildman–Crippen MR) is 93.6 cm³/mol. The normalized spacial score (nSPS) is 48.7. The largest absolute Gasteiger partial charge is 0.390 e. The average Bonchev–Trinajstić information content (AvgIpc) is 3.38. The van der Waals surface area contributed by atoms with Gasteiger partial charge in [-0.05, 0) is 83.5 Å². The van der Waals surface area contributed by atoms with Crippen LogP contribution in [-0.4, -0.2) is 33.3 Å². The molecule has 2 aliphatic carbocycles. The molecule has 138 valence electrons. The van der Waals surface area contributed by atoms with Crippen LogP contribution < -0.4 is 0 Å². The fourth-order valence-corrected chi connectivity index (χ4v) is 4.75. The van der Waals surface area contributed by atoms with Crippen LogP contribution in [0.3, 0.4) is 0 Å². The lowest BCUT2D eigenvalue weighted by atomic mass is 9.72. The van der Waals surface area contributed by atoms with Crippen LogP contribution in [0.5, 0.6) is 0 Å². The van der Waals surface area contributed by atoms with Gasteiger partial charge in [0.05, 0.1) is 17.3 Å². The molecule has 0 spiro atoms. The first kappa shape index (κ1) is 18.4. The van der Waals surface area contributed by atoms with Gasteiger partial charge in [-0.3, -0.25) is 5.26 Å². The van der Waals surface area contributed by atoms with E-state index in [4.69, 9.17) is 9.99 Å². The number of ether oxygens (including phenoxy) is 1. The van der Waals surface area contributed by atoms with E-state index in [1.165, 1.54) is 0 Å². The second-order valence-corrected chi connectivity index (χ2v) is 9.72. The highest BCUT2D eigenvalue weighted by Gasteiger charge is 2.60. The third kappa shape index (κ3) is 3.57. The minimum absolute atomic E-state index is 0.0102. The van der Waals surface area contributed by atoms with Crippen molar-refractivity contribution in [3.8, 4) is 0 Å². The summed E-state index contributed by atoms with van der Waals surface area (Å²) in [5.74, 6) is 0.968. The first-order valence-electron chi connectivity index (χ1n) is 9.42. The maximum Gasteiger partial charge on any atom is 0.116 e. The molecule has 0 aromatic rings. The van der Waals surface area contributed by atoms with Crippen LogP contribution in [-0.2, 0) is 9.62 Å². The SMILES string of the molecule is CC(C)(/C=C/C[C@@]1(C)CC[C@@]2(C)O[C@H]2CC[C@](C)(O)[C@H]2C[C@@H]21)OO. The Bertz CT molecular complexity index is 512. The molecule has 4 nitrogen and oxygen atoms in total. The zero-order chi connectivity index (χ0) is 17.8. The summed E-state index contributed by atoms with van der Waals surface area (Å²) in [6.07, 6.45) is 10.5. The molecule has 1 heterocycles. The number of hydrogen-bond donors (Lipinski definition) is 2. The van der Waals surface area contributed by atoms with Crippen molar-refractivity contribution in [2.24, 2.45) is 17.3 Å². The van der Waals surface area contributed by atoms with Gasteiger partial charge in [0.2, 0.25) is 0 Å². The maximum atomic E-state index is 10.9. The maximum absolute atomic E-state index is 10.9. The van der Waals surface area contributed by atoms with Crippen molar-refractivity contribution in [2.75, 3.05) is 0 Å². The molecule has 0 amide bonds. The van der Waals surface area contributed by atoms with Crippen LogP contribution in [0.15, 0.2) is 12.2 Å². The summed E-state index contributed by atoms with van der Waals surface area (Å²) >= 11 is 0. The lowest BCUT2D eigenvalue weighted by Crippen LogP contribution is -2.33. The van der Waals surface area contributed by atoms with Gasteiger partial charge >= 0.3 is 0 Å². The van der Waals surface area contributed by atoms with Crippen LogP contribution in [0.4, 0.5) is 0 Å². The number of epoxide rings is 1. The Morgan fingerprint density at radius 2 is 1.88 bits per heavy atom. The predicted octanol–water partition coefficient (Wildman–Crippen LogP) is 4.33. The lowest BCUT2D eigenvalue weighted by molar-refractivity contribution is -0.297. The molecule has 6 atom stereocenters. The van der Waals surface area contributed by atoms with Gasteiger partial charge in [-0.1, -0.05) is 19.1 Å². The van der Waals surface area contributed by atoms with E-state index in [2.05, 4.69) is 24.8 Å². The Hall–Kier alpha value is -0.420. The molecule has 0 radical (unpaired) electrons. The standard InChI is InChI=1S/C20H34O4/c1-17(2,24-22)8-6-9-18(3)11-12-20(5)16(23-20)7-10-19(4,21)15-13-14(15)18/h6,8,14-16,21-22H,7,9-13H2,1-5H3/b8-6+/t14-,15-,16-,18-,19-,20+/m0/s1. The van der Waals surface area contributed by atoms with Gasteiger partial charge in [-0.2, -0.15) is 0 Å². The molecule has 0 bridgehead atoms. The summed E-state index contributed by atoms with van der Waals surface area (Å²) in [6, 6.07) is 0. The highest BCUT2D eigenvalue weighted by atomic mass is 17.1. The molecule has 0 aromatic carbocycles. The zero-order valence-electron chi connectivity index (χ0n) is 15.8. The summed E-state index contributed by atoms with van der Waals surface area (Å²) in [4.78, 5) is 4.50. The van der Waals surface area contributed by atoms with E-state index in [0.717, 1.165) is 38.5 Å². The third-order valence-corrected chi connectivity index (χ3v) is 6.96. The van der Waals surface area contributed by atoms with Crippen LogP contribution in [0.2, 0.25) is 0 Å². The molecule has 2 N–H and O–H groups in total. The van der Waals surface area contributed by atoms with Gasteiger partial charge in [-0.25, -0.2) is 4.89 Å². The molecule has 3 aliphatic rings. The smallest absolute Gasteiger partial charge is 0.116 e. The molecule has 0 aromatic heterocycles. The molecular formula is C20H34O4. The summed E-state index contributed by atoms with van der Waals surface area (Å²) < 4.78 is 5.97. The van der Waals surface area contributed by atoms with Crippen LogP contribution in [0, 0.1) is 17.3 Å². The summed E-state index contributed by atoms with van der Waals surface area (Å²) in [5, 5.41) is 19.9. The van der Waals surface area contributed by atoms with E-state index in [-0.39, 0.29) is 11.0 Å². The number of allylic oxidation sites excluding steroid dienone is 1. The van der Waals surface area contributed by atoms with E-state index < -0.39 is 11.2 Å². The molecule has 3 fully saturated rings. The quantitative estimate of drug-likeness (QED) is 0.347. The molecule has 1 saturated heterocycles. The molecular weight excluding hydrogens is 304 g/mol. The average molecular weight is 338 g/mol. The van der Waals surface area contributed by atoms with Crippen LogP contribution in [0.1, 0.15) is 73.1 Å². The van der Waals surface area contributed by atoms with Crippen molar-refractivity contribution in [3.63, 3.8) is 0 Å². The summed E-state index contributed by atoms with van der Waals surface area (Å²) in [7, 11) is 0. The molecule has 1 aliphatic heterocycles. The van der Waals surface area contributed by atoms with E-state index >= 15 is 0 Å². The molecule has 0 unspecified atom stereocenters. The second kappa shape index (κ2) is 5.80. The minimum atomic E-state index is -0.655. The van der Waals surface area contributed by atoms with Gasteiger partial charge in [0.1, 0.15) is 5.60 Å². The van der Waals surface area contributed by atoms with Gasteiger partial charge in [0.15, 0.2) is 0 Å². The van der Waals surface area contributed by atoms with Crippen molar-refractivity contribution in [1.82, 2.24) is 0 Å². The summed E-state index contributed by atoms with van der Waals surface area (Å²) in [6.45, 7) is 10.3. The van der Waals surface area contributed by atoms with E-state index in [1.807, 2.05) is 26.8 Å². The van der Waals surface area contributed by atoms with Crippen molar-refractivity contribution in [3.05, 3.63) is 12.2 Å². The first-order valence-corrected chi connectivity index (χ1v) is 9.42. The van der Waals surface area contributed by atoms with E-state index in [1.54, 1.807) is 0 Å². The van der Waals surface area contributed by atoms with Gasteiger partial charge in [0.25, 0.3) is 0 Å². The van der Waals surface area contributed by atoms with Crippen molar-refractivity contribution < 1.29 is 20.0 Å². The monoisotopic (exact) mass is 338 g/mol. The zero-order valence-corrected chi connectivity index (χ0v) is 15.8. The van der Waals surface area contributed by atoms with Gasteiger partial charge in [-0.15, -0.1) is 0 Å². The molecule has 24 heavy (non-hydrogen) atoms. The number of hydrogen-bond acceptors (Lipinski definition) is 4. The van der Waals surface area contributed by atoms with E-state index in [0.29, 0.717) is 17.9 Å². The van der Waals surface area contributed by atoms with E-state index in [9.17, 15) is 5.11 Å². The second-order valence-electron chi connectivity index (χ2n) is 9.72.